The molecule has 31 heavy (non-hydrogen) atoms. The van der Waals surface area contributed by atoms with Gasteiger partial charge in [0.25, 0.3) is 0 Å². The fourth-order valence-electron chi connectivity index (χ4n) is 7.68. The Kier molecular flexibility index (Phi) is 5.41. The largest absolute Gasteiger partial charge is 0.450 e. The number of amides is 1. The van der Waals surface area contributed by atoms with Crippen molar-refractivity contribution in [2.75, 3.05) is 0 Å². The number of Topliss-reactive ketones (excluding diaryl/α,β-unsaturated/α-hetero) is 2. The molecule has 1 heterocycles. The van der Waals surface area contributed by atoms with Gasteiger partial charge in [0.2, 0.25) is 11.7 Å². The van der Waals surface area contributed by atoms with Gasteiger partial charge in [-0.25, -0.2) is 0 Å². The van der Waals surface area contributed by atoms with E-state index < -0.39 is 17.9 Å². The van der Waals surface area contributed by atoms with Crippen molar-refractivity contribution in [3.05, 3.63) is 12.2 Å². The van der Waals surface area contributed by atoms with Gasteiger partial charge in [0.05, 0.1) is 0 Å². The standard InChI is InChI=1S/C24H32F3NO3/c1-13(21(31)24(25,26)27)12-18(29)17-6-5-15-14-4-7-19-23(3,11-9-20(30)28-19)16(14)8-10-22(15,17)2/h9,11,13-17,19H,4-8,10,12H2,1-3H3,(H,28,30)/t13?,14-,15-,16-,17+,19?,22-,23+/m0/s1. The highest BCUT2D eigenvalue weighted by Crippen LogP contribution is 2.65. The molecule has 4 rings (SSSR count). The molecule has 0 spiro atoms. The maximum absolute atomic E-state index is 13.1. The third kappa shape index (κ3) is 3.56. The average Bonchev–Trinajstić information content (AvgIpc) is 3.04. The normalized spacial score (nSPS) is 42.8. The molecule has 0 aromatic rings. The Bertz CT molecular complexity index is 821. The van der Waals surface area contributed by atoms with Crippen molar-refractivity contribution in [2.24, 2.45) is 40.4 Å². The van der Waals surface area contributed by atoms with Crippen LogP contribution in [0.2, 0.25) is 0 Å². The molecule has 8 atom stereocenters. The van der Waals surface area contributed by atoms with Crippen LogP contribution < -0.4 is 5.32 Å². The first-order valence-electron chi connectivity index (χ1n) is 11.5. The number of hydrogen-bond donors (Lipinski definition) is 1. The molecule has 1 N–H and O–H groups in total. The van der Waals surface area contributed by atoms with Gasteiger partial charge in [-0.15, -0.1) is 0 Å². The summed E-state index contributed by atoms with van der Waals surface area (Å²) in [5.41, 5.74) is -0.308. The number of fused-ring (bicyclic) bond motifs is 5. The van der Waals surface area contributed by atoms with E-state index in [1.807, 2.05) is 0 Å². The van der Waals surface area contributed by atoms with Crippen molar-refractivity contribution in [3.63, 3.8) is 0 Å². The summed E-state index contributed by atoms with van der Waals surface area (Å²) >= 11 is 0. The predicted molar refractivity (Wildman–Crippen MR) is 109 cm³/mol. The lowest BCUT2D eigenvalue weighted by molar-refractivity contribution is -0.175. The Morgan fingerprint density at radius 2 is 1.84 bits per heavy atom. The van der Waals surface area contributed by atoms with Crippen LogP contribution in [0.4, 0.5) is 13.2 Å². The van der Waals surface area contributed by atoms with E-state index >= 15 is 0 Å². The van der Waals surface area contributed by atoms with Gasteiger partial charge in [0.1, 0.15) is 5.78 Å². The number of alkyl halides is 3. The zero-order chi connectivity index (χ0) is 22.8. The van der Waals surface area contributed by atoms with Crippen LogP contribution in [0.3, 0.4) is 0 Å². The van der Waals surface area contributed by atoms with Gasteiger partial charge < -0.3 is 5.32 Å². The van der Waals surface area contributed by atoms with E-state index in [1.165, 1.54) is 6.92 Å². The third-order valence-corrected chi connectivity index (χ3v) is 9.31. The van der Waals surface area contributed by atoms with Crippen molar-refractivity contribution >= 4 is 17.5 Å². The van der Waals surface area contributed by atoms with Crippen LogP contribution in [-0.4, -0.2) is 29.7 Å². The molecule has 0 aromatic heterocycles. The molecule has 1 amide bonds. The maximum Gasteiger partial charge on any atom is 0.450 e. The van der Waals surface area contributed by atoms with Crippen molar-refractivity contribution in [3.8, 4) is 0 Å². The Labute approximate surface area is 181 Å². The molecule has 1 aliphatic heterocycles. The average molecular weight is 440 g/mol. The van der Waals surface area contributed by atoms with Crippen LogP contribution in [0.25, 0.3) is 0 Å². The number of nitrogens with one attached hydrogen (secondary N) is 1. The summed E-state index contributed by atoms with van der Waals surface area (Å²) in [6, 6.07) is 0.142. The van der Waals surface area contributed by atoms with Gasteiger partial charge in [-0.05, 0) is 67.8 Å². The number of ketones is 2. The summed E-state index contributed by atoms with van der Waals surface area (Å²) in [5, 5.41) is 3.13. The second-order valence-electron chi connectivity index (χ2n) is 10.8. The molecule has 0 aromatic carbocycles. The molecule has 2 unspecified atom stereocenters. The zero-order valence-corrected chi connectivity index (χ0v) is 18.4. The minimum Gasteiger partial charge on any atom is -0.349 e. The first-order valence-corrected chi connectivity index (χ1v) is 11.5. The Morgan fingerprint density at radius 1 is 1.13 bits per heavy atom. The first-order chi connectivity index (χ1) is 14.4. The third-order valence-electron chi connectivity index (χ3n) is 9.31. The summed E-state index contributed by atoms with van der Waals surface area (Å²) in [5.74, 6) is -2.37. The molecule has 7 heteroatoms. The number of hydrogen-bond acceptors (Lipinski definition) is 3. The summed E-state index contributed by atoms with van der Waals surface area (Å²) in [4.78, 5) is 36.4. The minimum absolute atomic E-state index is 0.0318. The highest BCUT2D eigenvalue weighted by molar-refractivity contribution is 5.92. The zero-order valence-electron chi connectivity index (χ0n) is 18.4. The lowest BCUT2D eigenvalue weighted by atomic mass is 9.47. The van der Waals surface area contributed by atoms with Gasteiger partial charge in [0, 0.05) is 29.7 Å². The second-order valence-corrected chi connectivity index (χ2v) is 10.8. The van der Waals surface area contributed by atoms with E-state index in [0.717, 1.165) is 32.1 Å². The molecule has 4 aliphatic rings. The Morgan fingerprint density at radius 3 is 2.52 bits per heavy atom. The lowest BCUT2D eigenvalue weighted by Crippen LogP contribution is -2.59. The molecule has 0 bridgehead atoms. The molecule has 0 radical (unpaired) electrons. The highest BCUT2D eigenvalue weighted by Gasteiger charge is 2.60. The molecule has 172 valence electrons. The van der Waals surface area contributed by atoms with Crippen LogP contribution in [0.1, 0.15) is 65.7 Å². The van der Waals surface area contributed by atoms with E-state index in [2.05, 4.69) is 25.2 Å². The van der Waals surface area contributed by atoms with E-state index in [4.69, 9.17) is 0 Å². The van der Waals surface area contributed by atoms with E-state index in [9.17, 15) is 27.6 Å². The topological polar surface area (TPSA) is 63.2 Å². The highest BCUT2D eigenvalue weighted by atomic mass is 19.4. The maximum atomic E-state index is 13.1. The van der Waals surface area contributed by atoms with E-state index in [1.54, 1.807) is 6.08 Å². The summed E-state index contributed by atoms with van der Waals surface area (Å²) < 4.78 is 38.3. The molecular weight excluding hydrogens is 407 g/mol. The van der Waals surface area contributed by atoms with Crippen LogP contribution in [0.5, 0.6) is 0 Å². The van der Waals surface area contributed by atoms with Crippen molar-refractivity contribution in [1.29, 1.82) is 0 Å². The quantitative estimate of drug-likeness (QED) is 0.695. The van der Waals surface area contributed by atoms with Crippen molar-refractivity contribution < 1.29 is 27.6 Å². The molecule has 3 saturated carbocycles. The lowest BCUT2D eigenvalue weighted by Gasteiger charge is -2.58. The summed E-state index contributed by atoms with van der Waals surface area (Å²) in [6.45, 7) is 5.59. The van der Waals surface area contributed by atoms with Crippen LogP contribution >= 0.6 is 0 Å². The molecule has 4 nitrogen and oxygen atoms in total. The van der Waals surface area contributed by atoms with Crippen LogP contribution in [0, 0.1) is 40.4 Å². The van der Waals surface area contributed by atoms with Crippen molar-refractivity contribution in [2.45, 2.75) is 77.9 Å². The first kappa shape index (κ1) is 22.5. The SMILES string of the molecule is CC(CC(=O)[C@H]1CC[C@H]2[C@@H]3CCC4NC(=O)C=C[C@]4(C)[C@H]3CC[C@]12C)C(=O)C(F)(F)F. The number of rotatable bonds is 4. The molecule has 3 aliphatic carbocycles. The monoisotopic (exact) mass is 439 g/mol. The Balaban J connectivity index is 1.51. The van der Waals surface area contributed by atoms with Crippen LogP contribution in [-0.2, 0) is 14.4 Å². The summed E-state index contributed by atoms with van der Waals surface area (Å²) in [6.07, 6.45) is 3.84. The summed E-state index contributed by atoms with van der Waals surface area (Å²) in [7, 11) is 0. The van der Waals surface area contributed by atoms with Gasteiger partial charge in [0.15, 0.2) is 0 Å². The fourth-order valence-corrected chi connectivity index (χ4v) is 7.68. The number of carbonyl (C=O) groups is 3. The van der Waals surface area contributed by atoms with E-state index in [-0.39, 0.29) is 40.9 Å². The van der Waals surface area contributed by atoms with E-state index in [0.29, 0.717) is 24.2 Å². The van der Waals surface area contributed by atoms with Crippen LogP contribution in [0.15, 0.2) is 12.2 Å². The number of halogens is 3. The smallest absolute Gasteiger partial charge is 0.349 e. The van der Waals surface area contributed by atoms with Crippen molar-refractivity contribution in [1.82, 2.24) is 5.32 Å². The predicted octanol–water partition coefficient (Wildman–Crippen LogP) is 4.63. The van der Waals surface area contributed by atoms with Gasteiger partial charge >= 0.3 is 6.18 Å². The van der Waals surface area contributed by atoms with Gasteiger partial charge in [-0.2, -0.15) is 13.2 Å². The fraction of sp³-hybridized carbons (Fsp3) is 0.792. The van der Waals surface area contributed by atoms with Gasteiger partial charge in [-0.1, -0.05) is 26.8 Å². The number of carbonyl (C=O) groups excluding carboxylic acids is 3. The molecule has 0 saturated heterocycles. The Hall–Kier alpha value is -1.66. The van der Waals surface area contributed by atoms with Gasteiger partial charge in [-0.3, -0.25) is 14.4 Å². The second kappa shape index (κ2) is 7.45. The molecular formula is C24H32F3NO3. The minimum atomic E-state index is -4.89. The molecule has 3 fully saturated rings.